The van der Waals surface area contributed by atoms with Gasteiger partial charge in [0.15, 0.2) is 4.77 Å². The minimum absolute atomic E-state index is 0.175. The Morgan fingerprint density at radius 1 is 1.45 bits per heavy atom. The van der Waals surface area contributed by atoms with E-state index in [9.17, 15) is 4.39 Å². The van der Waals surface area contributed by atoms with E-state index in [-0.39, 0.29) is 11.4 Å². The van der Waals surface area contributed by atoms with E-state index < -0.39 is 0 Å². The van der Waals surface area contributed by atoms with Gasteiger partial charge in [0, 0.05) is 18.2 Å². The number of imidazole rings is 1. The summed E-state index contributed by atoms with van der Waals surface area (Å²) < 4.78 is 16.8. The Kier molecular flexibility index (Phi) is 3.51. The molecule has 1 aliphatic carbocycles. The molecular weight excluding hydrogens is 341 g/mol. The lowest BCUT2D eigenvalue weighted by Crippen LogP contribution is -2.53. The van der Waals surface area contributed by atoms with Crippen LogP contribution in [0.1, 0.15) is 19.3 Å². The molecule has 1 aliphatic rings. The summed E-state index contributed by atoms with van der Waals surface area (Å²) >= 11 is 8.67. The molecule has 0 aliphatic heterocycles. The smallest absolute Gasteiger partial charge is 0.178 e. The van der Waals surface area contributed by atoms with Gasteiger partial charge in [-0.15, -0.1) is 0 Å². The maximum absolute atomic E-state index is 13.6. The highest BCUT2D eigenvalue weighted by Crippen LogP contribution is 2.38. The van der Waals surface area contributed by atoms with E-state index in [1.54, 1.807) is 6.07 Å². The van der Waals surface area contributed by atoms with Gasteiger partial charge < -0.3 is 14.5 Å². The fourth-order valence-corrected chi connectivity index (χ4v) is 3.54. The number of aromatic amines is 1. The van der Waals surface area contributed by atoms with Crippen molar-refractivity contribution in [3.05, 3.63) is 27.2 Å². The van der Waals surface area contributed by atoms with Crippen molar-refractivity contribution in [2.75, 3.05) is 14.1 Å². The van der Waals surface area contributed by atoms with Gasteiger partial charge in [-0.25, -0.2) is 4.39 Å². The lowest BCUT2D eigenvalue weighted by Gasteiger charge is -2.47. The van der Waals surface area contributed by atoms with Crippen LogP contribution >= 0.6 is 28.1 Å². The molecule has 6 heteroatoms. The average Bonchev–Trinajstić information content (AvgIpc) is 2.60. The van der Waals surface area contributed by atoms with Crippen LogP contribution in [0.4, 0.5) is 4.39 Å². The number of hydrogen-bond acceptors (Lipinski definition) is 2. The highest BCUT2D eigenvalue weighted by molar-refractivity contribution is 9.10. The second kappa shape index (κ2) is 4.93. The third kappa shape index (κ3) is 2.14. The maximum Gasteiger partial charge on any atom is 0.178 e. The molecule has 1 heterocycles. The van der Waals surface area contributed by atoms with Crippen molar-refractivity contribution in [2.24, 2.45) is 0 Å². The number of aromatic nitrogens is 2. The van der Waals surface area contributed by atoms with E-state index in [2.05, 4.69) is 44.5 Å². The van der Waals surface area contributed by atoms with Crippen molar-refractivity contribution >= 4 is 39.2 Å². The van der Waals surface area contributed by atoms with Gasteiger partial charge in [0.05, 0.1) is 15.5 Å². The van der Waals surface area contributed by atoms with Crippen LogP contribution in [-0.4, -0.2) is 34.1 Å². The van der Waals surface area contributed by atoms with Crippen LogP contribution in [0.5, 0.6) is 0 Å². The molecule has 0 bridgehead atoms. The fraction of sp³-hybridized carbons (Fsp3) is 0.500. The average molecular weight is 358 g/mol. The van der Waals surface area contributed by atoms with Crippen LogP contribution in [0.15, 0.2) is 16.6 Å². The lowest BCUT2D eigenvalue weighted by atomic mass is 9.75. The second-order valence-electron chi connectivity index (χ2n) is 5.77. The summed E-state index contributed by atoms with van der Waals surface area (Å²) in [6.07, 6.45) is 3.61. The molecule has 1 fully saturated rings. The number of hydrogen-bond donors (Lipinski definition) is 1. The van der Waals surface area contributed by atoms with Crippen LogP contribution in [0.25, 0.3) is 11.0 Å². The number of halogens is 2. The summed E-state index contributed by atoms with van der Waals surface area (Å²) in [6.45, 7) is 0.844. The molecule has 3 nitrogen and oxygen atoms in total. The highest BCUT2D eigenvalue weighted by atomic mass is 79.9. The molecule has 1 saturated carbocycles. The number of rotatable bonds is 3. The molecule has 1 aromatic carbocycles. The summed E-state index contributed by atoms with van der Waals surface area (Å²) in [5.41, 5.74) is 1.88. The summed E-state index contributed by atoms with van der Waals surface area (Å²) in [7, 11) is 4.24. The maximum atomic E-state index is 13.6. The van der Waals surface area contributed by atoms with Crippen LogP contribution in [0.3, 0.4) is 0 Å². The van der Waals surface area contributed by atoms with Crippen molar-refractivity contribution in [2.45, 2.75) is 31.3 Å². The highest BCUT2D eigenvalue weighted by Gasteiger charge is 2.39. The first-order valence-corrected chi connectivity index (χ1v) is 7.88. The Labute approximate surface area is 130 Å². The molecule has 108 valence electrons. The van der Waals surface area contributed by atoms with Crippen molar-refractivity contribution in [3.8, 4) is 0 Å². The molecule has 2 aromatic rings. The summed E-state index contributed by atoms with van der Waals surface area (Å²) in [4.78, 5) is 5.39. The minimum Gasteiger partial charge on any atom is -0.330 e. The molecule has 1 aromatic heterocycles. The zero-order valence-electron chi connectivity index (χ0n) is 11.5. The largest absolute Gasteiger partial charge is 0.330 e. The first-order chi connectivity index (χ1) is 9.43. The Balaban J connectivity index is 2.10. The lowest BCUT2D eigenvalue weighted by molar-refractivity contribution is 0.0431. The van der Waals surface area contributed by atoms with Gasteiger partial charge >= 0.3 is 0 Å². The monoisotopic (exact) mass is 357 g/mol. The summed E-state index contributed by atoms with van der Waals surface area (Å²) in [5.74, 6) is -0.271. The molecule has 1 N–H and O–H groups in total. The number of nitrogens with one attached hydrogen (secondary N) is 1. The third-order valence-corrected chi connectivity index (χ3v) is 5.43. The van der Waals surface area contributed by atoms with Crippen LogP contribution in [-0.2, 0) is 6.54 Å². The SMILES string of the molecule is CN(C)C1(Cn2c(=S)[nH]c3cc(F)c(Br)cc32)CCC1. The van der Waals surface area contributed by atoms with Crippen LogP contribution in [0, 0.1) is 10.6 Å². The Morgan fingerprint density at radius 3 is 2.70 bits per heavy atom. The van der Waals surface area contributed by atoms with Gasteiger partial charge in [-0.3, -0.25) is 0 Å². The zero-order valence-corrected chi connectivity index (χ0v) is 13.9. The molecule has 0 spiro atoms. The molecule has 0 radical (unpaired) electrons. The van der Waals surface area contributed by atoms with E-state index in [4.69, 9.17) is 12.2 Å². The van der Waals surface area contributed by atoms with Crippen molar-refractivity contribution in [1.29, 1.82) is 0 Å². The minimum atomic E-state index is -0.271. The predicted molar refractivity (Wildman–Crippen MR) is 85.0 cm³/mol. The molecule has 20 heavy (non-hydrogen) atoms. The van der Waals surface area contributed by atoms with Crippen molar-refractivity contribution in [1.82, 2.24) is 14.5 Å². The number of nitrogens with zero attached hydrogens (tertiary/aromatic N) is 2. The Hall–Kier alpha value is -0.720. The van der Waals surface area contributed by atoms with Crippen LogP contribution in [0.2, 0.25) is 0 Å². The Morgan fingerprint density at radius 2 is 2.15 bits per heavy atom. The number of fused-ring (bicyclic) bond motifs is 1. The van der Waals surface area contributed by atoms with Gasteiger partial charge in [-0.2, -0.15) is 0 Å². The second-order valence-corrected chi connectivity index (χ2v) is 7.01. The molecule has 0 unspecified atom stereocenters. The predicted octanol–water partition coefficient (Wildman–Crippen LogP) is 4.08. The van der Waals surface area contributed by atoms with Gasteiger partial charge in [0.2, 0.25) is 0 Å². The normalized spacial score (nSPS) is 17.6. The Bertz CT molecular complexity index is 715. The molecule has 0 saturated heterocycles. The zero-order chi connectivity index (χ0) is 14.5. The van der Waals surface area contributed by atoms with Gasteiger partial charge in [-0.05, 0) is 67.6 Å². The topological polar surface area (TPSA) is 24.0 Å². The number of likely N-dealkylation sites (N-methyl/N-ethyl adjacent to an activating group) is 1. The summed E-state index contributed by atoms with van der Waals surface area (Å²) in [5, 5.41) is 0. The van der Waals surface area contributed by atoms with E-state index in [1.807, 2.05) is 0 Å². The van der Waals surface area contributed by atoms with Crippen molar-refractivity contribution in [3.63, 3.8) is 0 Å². The van der Waals surface area contributed by atoms with Gasteiger partial charge in [0.1, 0.15) is 5.82 Å². The molecule has 3 rings (SSSR count). The summed E-state index contributed by atoms with van der Waals surface area (Å²) in [6, 6.07) is 3.30. The van der Waals surface area contributed by atoms with E-state index in [1.165, 1.54) is 25.3 Å². The first-order valence-electron chi connectivity index (χ1n) is 6.68. The first kappa shape index (κ1) is 14.2. The standard InChI is InChI=1S/C14H17BrFN3S/c1-18(2)14(4-3-5-14)8-19-12-6-9(15)10(16)7-11(12)17-13(19)20/h6-7H,3-5,8H2,1-2H3,(H,17,20). The number of H-pyrrole nitrogens is 1. The van der Waals surface area contributed by atoms with Gasteiger partial charge in [-0.1, -0.05) is 0 Å². The van der Waals surface area contributed by atoms with Crippen molar-refractivity contribution < 1.29 is 4.39 Å². The molecule has 0 amide bonds. The number of benzene rings is 1. The molecule has 0 atom stereocenters. The van der Waals surface area contributed by atoms with E-state index in [0.29, 0.717) is 9.24 Å². The fourth-order valence-electron chi connectivity index (χ4n) is 2.93. The van der Waals surface area contributed by atoms with Gasteiger partial charge in [0.25, 0.3) is 0 Å². The van der Waals surface area contributed by atoms with E-state index >= 15 is 0 Å². The van der Waals surface area contributed by atoms with Crippen LogP contribution < -0.4 is 0 Å². The van der Waals surface area contributed by atoms with E-state index in [0.717, 1.165) is 17.6 Å². The third-order valence-electron chi connectivity index (χ3n) is 4.50. The quantitative estimate of drug-likeness (QED) is 0.836. The molecular formula is C14H17BrFN3S.